The Morgan fingerprint density at radius 2 is 2.11 bits per heavy atom. The second-order valence-electron chi connectivity index (χ2n) is 3.62. The highest BCUT2D eigenvalue weighted by Gasteiger charge is 2.11. The molecule has 0 aliphatic heterocycles. The fourth-order valence-electron chi connectivity index (χ4n) is 1.39. The molecule has 3 N–H and O–H groups in total. The van der Waals surface area contributed by atoms with Gasteiger partial charge in [0.2, 0.25) is 0 Å². The summed E-state index contributed by atoms with van der Waals surface area (Å²) >= 11 is 15.6. The van der Waals surface area contributed by atoms with Crippen LogP contribution in [-0.2, 0) is 0 Å². The largest absolute Gasteiger partial charge is 0.389 e. The lowest BCUT2D eigenvalue weighted by molar-refractivity contribution is 0.103. The molecule has 0 fully saturated rings. The molecule has 1 aromatic heterocycles. The molecule has 2 rings (SSSR count). The van der Waals surface area contributed by atoms with Gasteiger partial charge in [-0.25, -0.2) is 0 Å². The van der Waals surface area contributed by atoms with E-state index in [0.717, 1.165) is 3.79 Å². The normalized spacial score (nSPS) is 10.2. The molecule has 0 bridgehead atoms. The summed E-state index contributed by atoms with van der Waals surface area (Å²) in [6.45, 7) is 0. The summed E-state index contributed by atoms with van der Waals surface area (Å²) in [5.74, 6) is -0.224. The monoisotopic (exact) mass is 374 g/mol. The molecular formula is C12H8BrClN2OS2. The van der Waals surface area contributed by atoms with Crippen molar-refractivity contribution in [1.82, 2.24) is 0 Å². The number of amides is 1. The Labute approximate surface area is 132 Å². The molecule has 2 aromatic rings. The van der Waals surface area contributed by atoms with Gasteiger partial charge in [-0.1, -0.05) is 29.9 Å². The number of carbonyl (C=O) groups excluding carboxylic acids is 1. The number of hydrogen-bond donors (Lipinski definition) is 2. The Balaban J connectivity index is 2.25. The predicted molar refractivity (Wildman–Crippen MR) is 87.3 cm³/mol. The first-order valence-electron chi connectivity index (χ1n) is 5.13. The van der Waals surface area contributed by atoms with E-state index in [1.807, 2.05) is 6.07 Å². The van der Waals surface area contributed by atoms with Gasteiger partial charge in [0.15, 0.2) is 0 Å². The lowest BCUT2D eigenvalue weighted by Crippen LogP contribution is -2.13. The summed E-state index contributed by atoms with van der Waals surface area (Å²) in [4.78, 5) is 12.9. The quantitative estimate of drug-likeness (QED) is 0.796. The van der Waals surface area contributed by atoms with Crippen molar-refractivity contribution < 1.29 is 4.79 Å². The van der Waals surface area contributed by atoms with E-state index in [0.29, 0.717) is 21.2 Å². The molecule has 1 aromatic carbocycles. The van der Waals surface area contributed by atoms with E-state index in [-0.39, 0.29) is 10.9 Å². The molecular weight excluding hydrogens is 368 g/mol. The highest BCUT2D eigenvalue weighted by Crippen LogP contribution is 2.26. The third-order valence-corrected chi connectivity index (χ3v) is 4.48. The van der Waals surface area contributed by atoms with E-state index >= 15 is 0 Å². The van der Waals surface area contributed by atoms with Crippen molar-refractivity contribution in [3.8, 4) is 0 Å². The van der Waals surface area contributed by atoms with Gasteiger partial charge in [-0.2, -0.15) is 0 Å². The Bertz CT molecular complexity index is 657. The zero-order valence-corrected chi connectivity index (χ0v) is 13.4. The van der Waals surface area contributed by atoms with Gasteiger partial charge in [0.1, 0.15) is 4.99 Å². The summed E-state index contributed by atoms with van der Waals surface area (Å²) in [6.07, 6.45) is 0. The molecule has 0 spiro atoms. The zero-order valence-electron chi connectivity index (χ0n) is 9.44. The van der Waals surface area contributed by atoms with Crippen LogP contribution < -0.4 is 11.1 Å². The minimum absolute atomic E-state index is 0.224. The van der Waals surface area contributed by atoms with Crippen LogP contribution in [-0.4, -0.2) is 10.9 Å². The van der Waals surface area contributed by atoms with Gasteiger partial charge in [-0.15, -0.1) is 11.3 Å². The van der Waals surface area contributed by atoms with Gasteiger partial charge in [0.25, 0.3) is 5.91 Å². The van der Waals surface area contributed by atoms with Gasteiger partial charge in [0, 0.05) is 5.56 Å². The summed E-state index contributed by atoms with van der Waals surface area (Å²) in [5, 5.41) is 3.17. The van der Waals surface area contributed by atoms with Gasteiger partial charge >= 0.3 is 0 Å². The third-order valence-electron chi connectivity index (χ3n) is 2.30. The van der Waals surface area contributed by atoms with Crippen molar-refractivity contribution in [2.75, 3.05) is 5.32 Å². The first-order valence-corrected chi connectivity index (χ1v) is 7.53. The number of thiocarbonyl (C=S) groups is 1. The Morgan fingerprint density at radius 1 is 1.37 bits per heavy atom. The molecule has 98 valence electrons. The van der Waals surface area contributed by atoms with Crippen LogP contribution in [0.1, 0.15) is 15.2 Å². The first kappa shape index (κ1) is 14.5. The van der Waals surface area contributed by atoms with Crippen LogP contribution in [0.2, 0.25) is 5.02 Å². The molecule has 1 heterocycles. The van der Waals surface area contributed by atoms with Crippen molar-refractivity contribution in [3.05, 3.63) is 49.6 Å². The standard InChI is InChI=1S/C12H8BrClN2OS2/c13-10-4-3-9(19-10)12(17)16-8-5-6(11(15)18)1-2-7(8)14/h1-5H,(H2,15,18)(H,16,17). The SMILES string of the molecule is NC(=S)c1ccc(Cl)c(NC(=O)c2ccc(Br)s2)c1. The lowest BCUT2D eigenvalue weighted by Gasteiger charge is -2.08. The summed E-state index contributed by atoms with van der Waals surface area (Å²) in [5.41, 5.74) is 6.69. The zero-order chi connectivity index (χ0) is 14.0. The van der Waals surface area contributed by atoms with E-state index in [4.69, 9.17) is 29.6 Å². The Hall–Kier alpha value is -0.950. The van der Waals surface area contributed by atoms with Crippen LogP contribution in [0.15, 0.2) is 34.1 Å². The second-order valence-corrected chi connectivity index (χ2v) is 6.93. The molecule has 0 saturated heterocycles. The van der Waals surface area contributed by atoms with E-state index in [2.05, 4.69) is 21.2 Å². The second kappa shape index (κ2) is 6.00. The minimum atomic E-state index is -0.224. The highest BCUT2D eigenvalue weighted by molar-refractivity contribution is 9.11. The number of halogens is 2. The average molecular weight is 376 g/mol. The lowest BCUT2D eigenvalue weighted by atomic mass is 10.2. The van der Waals surface area contributed by atoms with E-state index in [9.17, 15) is 4.79 Å². The maximum absolute atomic E-state index is 12.0. The molecule has 0 atom stereocenters. The minimum Gasteiger partial charge on any atom is -0.389 e. The molecule has 0 radical (unpaired) electrons. The van der Waals surface area contributed by atoms with Crippen molar-refractivity contribution in [1.29, 1.82) is 0 Å². The third kappa shape index (κ3) is 3.54. The number of nitrogens with one attached hydrogen (secondary N) is 1. The number of thiophene rings is 1. The molecule has 0 unspecified atom stereocenters. The smallest absolute Gasteiger partial charge is 0.265 e. The van der Waals surface area contributed by atoms with E-state index in [1.54, 1.807) is 24.3 Å². The topological polar surface area (TPSA) is 55.1 Å². The van der Waals surface area contributed by atoms with E-state index in [1.165, 1.54) is 11.3 Å². The molecule has 1 amide bonds. The van der Waals surface area contributed by atoms with Crippen LogP contribution in [0.3, 0.4) is 0 Å². The van der Waals surface area contributed by atoms with Gasteiger partial charge in [-0.3, -0.25) is 4.79 Å². The molecule has 0 aliphatic carbocycles. The van der Waals surface area contributed by atoms with Crippen LogP contribution >= 0.6 is 51.1 Å². The number of hydrogen-bond acceptors (Lipinski definition) is 3. The van der Waals surface area contributed by atoms with Crippen LogP contribution in [0.5, 0.6) is 0 Å². The predicted octanol–water partition coefficient (Wildman–Crippen LogP) is 4.05. The van der Waals surface area contributed by atoms with Crippen LogP contribution in [0.25, 0.3) is 0 Å². The number of carbonyl (C=O) groups is 1. The molecule has 3 nitrogen and oxygen atoms in total. The van der Waals surface area contributed by atoms with Crippen molar-refractivity contribution in [3.63, 3.8) is 0 Å². The molecule has 19 heavy (non-hydrogen) atoms. The fraction of sp³-hybridized carbons (Fsp3) is 0. The summed E-state index contributed by atoms with van der Waals surface area (Å²) in [6, 6.07) is 8.56. The Morgan fingerprint density at radius 3 is 2.68 bits per heavy atom. The number of rotatable bonds is 3. The number of anilines is 1. The van der Waals surface area contributed by atoms with Crippen molar-refractivity contribution in [2.45, 2.75) is 0 Å². The van der Waals surface area contributed by atoms with Gasteiger partial charge in [-0.05, 0) is 40.2 Å². The molecule has 0 aliphatic rings. The summed E-state index contributed by atoms with van der Waals surface area (Å²) in [7, 11) is 0. The maximum Gasteiger partial charge on any atom is 0.265 e. The first-order chi connectivity index (χ1) is 8.97. The molecule has 0 saturated carbocycles. The summed E-state index contributed by atoms with van der Waals surface area (Å²) < 4.78 is 0.889. The maximum atomic E-state index is 12.0. The highest BCUT2D eigenvalue weighted by atomic mass is 79.9. The van der Waals surface area contributed by atoms with E-state index < -0.39 is 0 Å². The van der Waals surface area contributed by atoms with Gasteiger partial charge in [0.05, 0.1) is 19.4 Å². The van der Waals surface area contributed by atoms with Crippen LogP contribution in [0, 0.1) is 0 Å². The fourth-order valence-corrected chi connectivity index (χ4v) is 2.97. The molecule has 7 heteroatoms. The van der Waals surface area contributed by atoms with Gasteiger partial charge < -0.3 is 11.1 Å². The van der Waals surface area contributed by atoms with Crippen molar-refractivity contribution in [2.24, 2.45) is 5.73 Å². The van der Waals surface area contributed by atoms with Crippen LogP contribution in [0.4, 0.5) is 5.69 Å². The number of nitrogens with two attached hydrogens (primary N) is 1. The van der Waals surface area contributed by atoms with Crippen molar-refractivity contribution >= 4 is 67.7 Å². The number of benzene rings is 1. The average Bonchev–Trinajstić information content (AvgIpc) is 2.78. The Kier molecular flexibility index (Phi) is 4.57.